The summed E-state index contributed by atoms with van der Waals surface area (Å²) in [6.07, 6.45) is 2.53. The molecule has 1 aliphatic carbocycles. The van der Waals surface area contributed by atoms with Gasteiger partial charge in [-0.15, -0.1) is 12.8 Å². The molecular formula is C6H7-. The van der Waals surface area contributed by atoms with Gasteiger partial charge in [0.25, 0.3) is 0 Å². The Balaban J connectivity index is 2.27. The van der Waals surface area contributed by atoms with Gasteiger partial charge < -0.3 is 5.92 Å². The van der Waals surface area contributed by atoms with Crippen molar-refractivity contribution in [2.24, 2.45) is 0 Å². The second kappa shape index (κ2) is 1.26. The van der Waals surface area contributed by atoms with E-state index >= 15 is 0 Å². The lowest BCUT2D eigenvalue weighted by Gasteiger charge is -1.80. The molecule has 1 aliphatic rings. The highest BCUT2D eigenvalue weighted by molar-refractivity contribution is 5.29. The van der Waals surface area contributed by atoms with Crippen LogP contribution < -0.4 is 0 Å². The molecule has 0 aromatic heterocycles. The zero-order valence-electron chi connectivity index (χ0n) is 3.91. The third-order valence-electron chi connectivity index (χ3n) is 0.802. The molecule has 0 atom stereocenters. The predicted molar refractivity (Wildman–Crippen MR) is 25.9 cm³/mol. The molecule has 0 radical (unpaired) electrons. The van der Waals surface area contributed by atoms with Gasteiger partial charge >= 0.3 is 0 Å². The molecule has 6 heavy (non-hydrogen) atoms. The van der Waals surface area contributed by atoms with Crippen LogP contribution in [0.2, 0.25) is 0 Å². The van der Waals surface area contributed by atoms with E-state index in [1.165, 1.54) is 18.8 Å². The standard InChI is InChI=1S/C6H7/c1-2-3-6-4-5-6/h4-5H2,1H3/q-1. The van der Waals surface area contributed by atoms with Crippen LogP contribution in [-0.4, -0.2) is 0 Å². The largest absolute Gasteiger partial charge is 0.330 e. The Bertz CT molecular complexity index is 88.3. The van der Waals surface area contributed by atoms with Crippen molar-refractivity contribution in [3.8, 4) is 11.8 Å². The van der Waals surface area contributed by atoms with Crippen LogP contribution in [0.5, 0.6) is 0 Å². The summed E-state index contributed by atoms with van der Waals surface area (Å²) in [4.78, 5) is 0. The first kappa shape index (κ1) is 3.61. The maximum atomic E-state index is 2.99. The summed E-state index contributed by atoms with van der Waals surface area (Å²) >= 11 is 0. The fourth-order valence-corrected chi connectivity index (χ4v) is 0.364. The Hall–Kier alpha value is -0.570. The van der Waals surface area contributed by atoms with Crippen molar-refractivity contribution in [2.75, 3.05) is 0 Å². The number of rotatable bonds is 0. The van der Waals surface area contributed by atoms with Crippen LogP contribution in [0.25, 0.3) is 0 Å². The first-order valence-corrected chi connectivity index (χ1v) is 2.21. The fourth-order valence-electron chi connectivity index (χ4n) is 0.364. The molecule has 1 fully saturated rings. The van der Waals surface area contributed by atoms with Gasteiger partial charge in [0.15, 0.2) is 0 Å². The van der Waals surface area contributed by atoms with Crippen molar-refractivity contribution in [2.45, 2.75) is 19.8 Å². The lowest BCUT2D eigenvalue weighted by molar-refractivity contribution is 1.50. The number of hydrogen-bond acceptors (Lipinski definition) is 0. The highest BCUT2D eigenvalue weighted by Gasteiger charge is 2.04. The molecular weight excluding hydrogens is 72.1 g/mol. The van der Waals surface area contributed by atoms with E-state index in [1.54, 1.807) is 0 Å². The topological polar surface area (TPSA) is 0 Å². The molecule has 0 aliphatic heterocycles. The normalized spacial score (nSPS) is 15.8. The van der Waals surface area contributed by atoms with Crippen LogP contribution >= 0.6 is 0 Å². The third-order valence-corrected chi connectivity index (χ3v) is 0.802. The minimum absolute atomic E-state index is 1.26. The number of hydrogen-bond donors (Lipinski definition) is 0. The van der Waals surface area contributed by atoms with E-state index in [2.05, 4.69) is 11.8 Å². The van der Waals surface area contributed by atoms with Gasteiger partial charge in [0.1, 0.15) is 0 Å². The van der Waals surface area contributed by atoms with Gasteiger partial charge in [0.05, 0.1) is 0 Å². The van der Waals surface area contributed by atoms with E-state index < -0.39 is 0 Å². The molecule has 0 N–H and O–H groups in total. The van der Waals surface area contributed by atoms with Gasteiger partial charge in [-0.05, 0) is 0 Å². The minimum atomic E-state index is 1.26. The van der Waals surface area contributed by atoms with Gasteiger partial charge in [0, 0.05) is 0 Å². The van der Waals surface area contributed by atoms with E-state index in [-0.39, 0.29) is 0 Å². The van der Waals surface area contributed by atoms with Crippen molar-refractivity contribution in [1.82, 2.24) is 0 Å². The molecule has 0 unspecified atom stereocenters. The van der Waals surface area contributed by atoms with Crippen LogP contribution in [0.3, 0.4) is 0 Å². The van der Waals surface area contributed by atoms with Crippen molar-refractivity contribution >= 4 is 0 Å². The zero-order valence-corrected chi connectivity index (χ0v) is 3.91. The molecule has 0 aromatic carbocycles. The average Bonchev–Trinajstić information content (AvgIpc) is 2.21. The molecule has 0 heterocycles. The molecule has 0 saturated heterocycles. The van der Waals surface area contributed by atoms with Gasteiger partial charge in [-0.2, -0.15) is 5.92 Å². The quantitative estimate of drug-likeness (QED) is 0.304. The van der Waals surface area contributed by atoms with Gasteiger partial charge in [-0.3, -0.25) is 5.92 Å². The predicted octanol–water partition coefficient (Wildman–Crippen LogP) is 1.38. The summed E-state index contributed by atoms with van der Waals surface area (Å²) < 4.78 is 0. The zero-order chi connectivity index (χ0) is 4.41. The lowest BCUT2D eigenvalue weighted by Crippen LogP contribution is -1.52. The van der Waals surface area contributed by atoms with Gasteiger partial charge in [-0.1, -0.05) is 6.92 Å². The molecule has 0 aromatic rings. The van der Waals surface area contributed by atoms with Crippen LogP contribution in [0, 0.1) is 17.8 Å². The maximum Gasteiger partial charge on any atom is -0.0883 e. The first-order chi connectivity index (χ1) is 2.93. The monoisotopic (exact) mass is 79.1 g/mol. The minimum Gasteiger partial charge on any atom is -0.330 e. The summed E-state index contributed by atoms with van der Waals surface area (Å²) in [6, 6.07) is 0. The Morgan fingerprint density at radius 3 is 2.33 bits per heavy atom. The SMILES string of the molecule is CC#C[C-]1CC1. The lowest BCUT2D eigenvalue weighted by atomic mass is 10.4. The summed E-state index contributed by atoms with van der Waals surface area (Å²) in [5, 5.41) is 0. The molecule has 0 bridgehead atoms. The van der Waals surface area contributed by atoms with E-state index in [0.29, 0.717) is 0 Å². The van der Waals surface area contributed by atoms with Crippen molar-refractivity contribution in [3.63, 3.8) is 0 Å². The van der Waals surface area contributed by atoms with E-state index in [4.69, 9.17) is 0 Å². The summed E-state index contributed by atoms with van der Waals surface area (Å²) in [6.45, 7) is 1.88. The Kier molecular flexibility index (Phi) is 0.759. The third kappa shape index (κ3) is 0.687. The van der Waals surface area contributed by atoms with Crippen LogP contribution in [0.15, 0.2) is 0 Å². The molecule has 0 nitrogen and oxygen atoms in total. The van der Waals surface area contributed by atoms with Gasteiger partial charge in [0.2, 0.25) is 0 Å². The Morgan fingerprint density at radius 1 is 1.50 bits per heavy atom. The van der Waals surface area contributed by atoms with Crippen molar-refractivity contribution in [1.29, 1.82) is 0 Å². The van der Waals surface area contributed by atoms with E-state index in [1.807, 2.05) is 6.92 Å². The maximum absolute atomic E-state index is 2.99. The van der Waals surface area contributed by atoms with Crippen LogP contribution in [0.1, 0.15) is 19.8 Å². The molecule has 1 rings (SSSR count). The smallest absolute Gasteiger partial charge is 0.0883 e. The van der Waals surface area contributed by atoms with E-state index in [9.17, 15) is 0 Å². The molecule has 0 amide bonds. The van der Waals surface area contributed by atoms with Crippen molar-refractivity contribution < 1.29 is 0 Å². The van der Waals surface area contributed by atoms with Crippen LogP contribution in [0.4, 0.5) is 0 Å². The summed E-state index contributed by atoms with van der Waals surface area (Å²) in [7, 11) is 0. The average molecular weight is 79.1 g/mol. The highest BCUT2D eigenvalue weighted by Crippen LogP contribution is 2.30. The van der Waals surface area contributed by atoms with Crippen LogP contribution in [-0.2, 0) is 0 Å². The Morgan fingerprint density at radius 2 is 2.17 bits per heavy atom. The highest BCUT2D eigenvalue weighted by atomic mass is 14.2. The molecule has 32 valence electrons. The second-order valence-electron chi connectivity index (χ2n) is 1.48. The fraction of sp³-hybridized carbons (Fsp3) is 0.500. The molecule has 0 spiro atoms. The van der Waals surface area contributed by atoms with Crippen molar-refractivity contribution in [3.05, 3.63) is 5.92 Å². The first-order valence-electron chi connectivity index (χ1n) is 2.21. The second-order valence-corrected chi connectivity index (χ2v) is 1.48. The van der Waals surface area contributed by atoms with E-state index in [0.717, 1.165) is 0 Å². The summed E-state index contributed by atoms with van der Waals surface area (Å²) in [5.74, 6) is 7.26. The van der Waals surface area contributed by atoms with Gasteiger partial charge in [-0.25, -0.2) is 0 Å². The summed E-state index contributed by atoms with van der Waals surface area (Å²) in [5.41, 5.74) is 0. The Labute approximate surface area is 38.6 Å². The molecule has 1 saturated carbocycles. The molecule has 0 heteroatoms.